The second kappa shape index (κ2) is 4.98. The molecule has 1 nitrogen and oxygen atoms in total. The first-order chi connectivity index (χ1) is 12.9. The van der Waals surface area contributed by atoms with E-state index < -0.39 is 0 Å². The van der Waals surface area contributed by atoms with E-state index >= 15 is 0 Å². The Labute approximate surface area is 152 Å². The van der Waals surface area contributed by atoms with Gasteiger partial charge in [-0.15, -0.1) is 0 Å². The van der Waals surface area contributed by atoms with E-state index in [2.05, 4.69) is 84.9 Å². The van der Waals surface area contributed by atoms with E-state index in [1.165, 1.54) is 38.6 Å². The van der Waals surface area contributed by atoms with Crippen molar-refractivity contribution >= 4 is 10.8 Å². The summed E-state index contributed by atoms with van der Waals surface area (Å²) in [5.41, 5.74) is 6.77. The second-order valence-corrected chi connectivity index (χ2v) is 7.41. The van der Waals surface area contributed by atoms with Gasteiger partial charge in [-0.25, -0.2) is 0 Å². The summed E-state index contributed by atoms with van der Waals surface area (Å²) in [5.74, 6) is 1.04. The van der Waals surface area contributed by atoms with Crippen molar-refractivity contribution < 1.29 is 4.74 Å². The van der Waals surface area contributed by atoms with Crippen LogP contribution in [0.3, 0.4) is 0 Å². The first-order valence-corrected chi connectivity index (χ1v) is 9.20. The number of rotatable bonds is 0. The largest absolute Gasteiger partial charge is 0.492 e. The SMILES string of the molecule is c1ccc2c(c1)CC1(COc3ccc4ccccc4c31)c1ccccc1-2. The van der Waals surface area contributed by atoms with E-state index in [0.29, 0.717) is 6.61 Å². The maximum Gasteiger partial charge on any atom is 0.124 e. The fourth-order valence-corrected chi connectivity index (χ4v) is 4.98. The molecule has 2 aliphatic rings. The highest BCUT2D eigenvalue weighted by Crippen LogP contribution is 2.54. The van der Waals surface area contributed by atoms with Gasteiger partial charge < -0.3 is 4.74 Å². The molecule has 0 fully saturated rings. The van der Waals surface area contributed by atoms with Crippen molar-refractivity contribution in [2.45, 2.75) is 11.8 Å². The van der Waals surface area contributed by atoms with Gasteiger partial charge in [-0.1, -0.05) is 78.9 Å². The van der Waals surface area contributed by atoms with Gasteiger partial charge in [0, 0.05) is 5.56 Å². The number of benzene rings is 4. The zero-order chi connectivity index (χ0) is 17.1. The van der Waals surface area contributed by atoms with Crippen LogP contribution in [-0.4, -0.2) is 6.61 Å². The van der Waals surface area contributed by atoms with Crippen molar-refractivity contribution in [3.05, 3.63) is 102 Å². The zero-order valence-corrected chi connectivity index (χ0v) is 14.4. The van der Waals surface area contributed by atoms with Crippen LogP contribution >= 0.6 is 0 Å². The third-order valence-corrected chi connectivity index (χ3v) is 6.09. The molecule has 0 bridgehead atoms. The van der Waals surface area contributed by atoms with E-state index in [-0.39, 0.29) is 5.41 Å². The molecule has 0 saturated carbocycles. The van der Waals surface area contributed by atoms with Crippen molar-refractivity contribution in [2.75, 3.05) is 6.61 Å². The van der Waals surface area contributed by atoms with Crippen molar-refractivity contribution in [1.29, 1.82) is 0 Å². The van der Waals surface area contributed by atoms with Gasteiger partial charge in [0.15, 0.2) is 0 Å². The molecule has 1 heteroatoms. The van der Waals surface area contributed by atoms with Gasteiger partial charge in [-0.3, -0.25) is 0 Å². The van der Waals surface area contributed by atoms with E-state index in [1.807, 2.05) is 0 Å². The third kappa shape index (κ3) is 1.70. The molecule has 0 aromatic heterocycles. The average molecular weight is 334 g/mol. The maximum atomic E-state index is 6.27. The maximum absolute atomic E-state index is 6.27. The molecule has 1 unspecified atom stereocenters. The molecule has 0 amide bonds. The highest BCUT2D eigenvalue weighted by Gasteiger charge is 2.47. The van der Waals surface area contributed by atoms with Gasteiger partial charge in [0.2, 0.25) is 0 Å². The molecule has 0 radical (unpaired) electrons. The fraction of sp³-hybridized carbons (Fsp3) is 0.120. The Bertz CT molecular complexity index is 1170. The summed E-state index contributed by atoms with van der Waals surface area (Å²) in [6.07, 6.45) is 0.987. The van der Waals surface area contributed by atoms with Gasteiger partial charge in [-0.2, -0.15) is 0 Å². The Morgan fingerprint density at radius 2 is 1.46 bits per heavy atom. The molecule has 4 aromatic carbocycles. The Balaban J connectivity index is 1.73. The summed E-state index contributed by atoms with van der Waals surface area (Å²) in [6.45, 7) is 0.710. The summed E-state index contributed by atoms with van der Waals surface area (Å²) in [4.78, 5) is 0. The van der Waals surface area contributed by atoms with Crippen LogP contribution in [0.1, 0.15) is 16.7 Å². The van der Waals surface area contributed by atoms with Gasteiger partial charge in [0.05, 0.1) is 5.41 Å². The van der Waals surface area contributed by atoms with Gasteiger partial charge in [0.25, 0.3) is 0 Å². The lowest BCUT2D eigenvalue weighted by Gasteiger charge is -2.36. The zero-order valence-electron chi connectivity index (χ0n) is 14.4. The van der Waals surface area contributed by atoms with Crippen molar-refractivity contribution in [2.24, 2.45) is 0 Å². The van der Waals surface area contributed by atoms with Crippen LogP contribution in [0.5, 0.6) is 5.75 Å². The number of hydrogen-bond acceptors (Lipinski definition) is 1. The first kappa shape index (κ1) is 14.1. The monoisotopic (exact) mass is 334 g/mol. The van der Waals surface area contributed by atoms with Crippen LogP contribution in [0.25, 0.3) is 21.9 Å². The van der Waals surface area contributed by atoms with Crippen molar-refractivity contribution in [3.63, 3.8) is 0 Å². The molecule has 124 valence electrons. The summed E-state index contributed by atoms with van der Waals surface area (Å²) in [5, 5.41) is 2.60. The topological polar surface area (TPSA) is 9.23 Å². The van der Waals surface area contributed by atoms with Crippen LogP contribution in [0, 0.1) is 0 Å². The average Bonchev–Trinajstić information content (AvgIpc) is 3.08. The number of hydrogen-bond donors (Lipinski definition) is 0. The molecule has 1 atom stereocenters. The molecule has 6 rings (SSSR count). The molecular weight excluding hydrogens is 316 g/mol. The molecule has 0 saturated heterocycles. The van der Waals surface area contributed by atoms with E-state index in [0.717, 1.165) is 12.2 Å². The van der Waals surface area contributed by atoms with Crippen LogP contribution in [-0.2, 0) is 11.8 Å². The molecule has 1 heterocycles. The van der Waals surface area contributed by atoms with E-state index in [9.17, 15) is 0 Å². The Hall–Kier alpha value is -3.06. The predicted octanol–water partition coefficient (Wildman–Crippen LogP) is 5.74. The molecule has 0 N–H and O–H groups in total. The molecule has 1 spiro atoms. The standard InChI is InChI=1S/C25H18O/c1-4-10-20-17(7-1)13-14-23-24(20)25(16-26-23)15-18-8-2-3-9-19(18)21-11-5-6-12-22(21)25/h1-14H,15-16H2. The molecule has 4 aromatic rings. The van der Waals surface area contributed by atoms with Crippen LogP contribution in [0.2, 0.25) is 0 Å². The first-order valence-electron chi connectivity index (χ1n) is 9.20. The van der Waals surface area contributed by atoms with Gasteiger partial charge in [-0.05, 0) is 45.5 Å². The number of fused-ring (bicyclic) bond motifs is 8. The Morgan fingerprint density at radius 3 is 2.42 bits per heavy atom. The smallest absolute Gasteiger partial charge is 0.124 e. The van der Waals surface area contributed by atoms with E-state index in [1.54, 1.807) is 0 Å². The van der Waals surface area contributed by atoms with Gasteiger partial charge >= 0.3 is 0 Å². The summed E-state index contributed by atoms with van der Waals surface area (Å²) < 4.78 is 6.27. The highest BCUT2D eigenvalue weighted by atomic mass is 16.5. The normalized spacial score (nSPS) is 19.7. The summed E-state index contributed by atoms with van der Waals surface area (Å²) >= 11 is 0. The Morgan fingerprint density at radius 1 is 0.692 bits per heavy atom. The van der Waals surface area contributed by atoms with Gasteiger partial charge in [0.1, 0.15) is 12.4 Å². The van der Waals surface area contributed by atoms with Crippen LogP contribution < -0.4 is 4.74 Å². The fourth-order valence-electron chi connectivity index (χ4n) is 4.98. The lowest BCUT2D eigenvalue weighted by atomic mass is 9.64. The molecular formula is C25H18O. The van der Waals surface area contributed by atoms with Crippen LogP contribution in [0.15, 0.2) is 84.9 Å². The van der Waals surface area contributed by atoms with Crippen molar-refractivity contribution in [1.82, 2.24) is 0 Å². The third-order valence-electron chi connectivity index (χ3n) is 6.09. The Kier molecular flexibility index (Phi) is 2.71. The van der Waals surface area contributed by atoms with Crippen molar-refractivity contribution in [3.8, 4) is 16.9 Å². The van der Waals surface area contributed by atoms with E-state index in [4.69, 9.17) is 4.74 Å². The summed E-state index contributed by atoms with van der Waals surface area (Å²) in [7, 11) is 0. The molecule has 26 heavy (non-hydrogen) atoms. The minimum atomic E-state index is -0.110. The minimum Gasteiger partial charge on any atom is -0.492 e. The number of ether oxygens (including phenoxy) is 1. The molecule has 1 aliphatic heterocycles. The summed E-state index contributed by atoms with van der Waals surface area (Å²) in [6, 6.07) is 30.7. The lowest BCUT2D eigenvalue weighted by Crippen LogP contribution is -2.35. The minimum absolute atomic E-state index is 0.110. The van der Waals surface area contributed by atoms with Crippen LogP contribution in [0.4, 0.5) is 0 Å². The lowest BCUT2D eigenvalue weighted by molar-refractivity contribution is 0.289. The highest BCUT2D eigenvalue weighted by molar-refractivity contribution is 5.92. The predicted molar refractivity (Wildman–Crippen MR) is 106 cm³/mol. The quantitative estimate of drug-likeness (QED) is 0.398. The second-order valence-electron chi connectivity index (χ2n) is 7.41. The molecule has 1 aliphatic carbocycles.